The zero-order valence-corrected chi connectivity index (χ0v) is 12.3. The molecule has 0 aliphatic heterocycles. The first-order valence-corrected chi connectivity index (χ1v) is 6.75. The molecule has 2 rings (SSSR count). The van der Waals surface area contributed by atoms with E-state index in [1.54, 1.807) is 13.8 Å². The summed E-state index contributed by atoms with van der Waals surface area (Å²) in [6, 6.07) is 4.30. The largest absolute Gasteiger partial charge is 0.573 e. The fourth-order valence-corrected chi connectivity index (χ4v) is 1.88. The van der Waals surface area contributed by atoms with Crippen molar-refractivity contribution in [2.24, 2.45) is 0 Å². The summed E-state index contributed by atoms with van der Waals surface area (Å²) in [7, 11) is 0. The smallest absolute Gasteiger partial charge is 0.406 e. The predicted octanol–water partition coefficient (Wildman–Crippen LogP) is 3.16. The van der Waals surface area contributed by atoms with Gasteiger partial charge in [0.05, 0.1) is 6.04 Å². The van der Waals surface area contributed by atoms with Gasteiger partial charge in [-0.2, -0.15) is 4.98 Å². The normalized spacial score (nSPS) is 12.7. The molecule has 1 heterocycles. The molecule has 1 aromatic heterocycles. The van der Waals surface area contributed by atoms with E-state index in [0.717, 1.165) is 12.1 Å². The zero-order chi connectivity index (χ0) is 17.0. The van der Waals surface area contributed by atoms with Gasteiger partial charge in [0.1, 0.15) is 5.75 Å². The summed E-state index contributed by atoms with van der Waals surface area (Å²) in [4.78, 5) is 16.2. The number of aryl methyl sites for hydroxylation is 1. The van der Waals surface area contributed by atoms with Crippen LogP contribution < -0.4 is 10.1 Å². The van der Waals surface area contributed by atoms with Crippen LogP contribution in [0.15, 0.2) is 28.8 Å². The Bertz CT molecular complexity index is 685. The van der Waals surface area contributed by atoms with E-state index in [1.807, 2.05) is 0 Å². The fraction of sp³-hybridized carbons (Fsp3) is 0.357. The maximum absolute atomic E-state index is 12.2. The van der Waals surface area contributed by atoms with Crippen LogP contribution in [-0.4, -0.2) is 22.4 Å². The van der Waals surface area contributed by atoms with Crippen molar-refractivity contribution >= 4 is 5.91 Å². The topological polar surface area (TPSA) is 77.2 Å². The van der Waals surface area contributed by atoms with E-state index in [9.17, 15) is 18.0 Å². The molecule has 0 aliphatic carbocycles. The molecule has 0 aliphatic rings. The van der Waals surface area contributed by atoms with Crippen LogP contribution >= 0.6 is 0 Å². The highest BCUT2D eigenvalue weighted by Gasteiger charge is 2.31. The number of benzene rings is 1. The monoisotopic (exact) mass is 329 g/mol. The van der Waals surface area contributed by atoms with Gasteiger partial charge in [0, 0.05) is 12.5 Å². The van der Waals surface area contributed by atoms with Crippen molar-refractivity contribution in [2.75, 3.05) is 0 Å². The van der Waals surface area contributed by atoms with Gasteiger partial charge >= 0.3 is 6.36 Å². The summed E-state index contributed by atoms with van der Waals surface area (Å²) in [5, 5.41) is 6.37. The third-order valence-electron chi connectivity index (χ3n) is 2.90. The van der Waals surface area contributed by atoms with Crippen LogP contribution in [0.5, 0.6) is 5.75 Å². The summed E-state index contributed by atoms with van der Waals surface area (Å²) in [5.41, 5.74) is 0.0328. The first-order chi connectivity index (χ1) is 10.8. The van der Waals surface area contributed by atoms with Gasteiger partial charge in [-0.3, -0.25) is 4.79 Å². The van der Waals surface area contributed by atoms with Gasteiger partial charge in [-0.05, 0) is 24.6 Å². The van der Waals surface area contributed by atoms with E-state index in [2.05, 4.69) is 20.2 Å². The summed E-state index contributed by atoms with van der Waals surface area (Å²) in [6.07, 6.45) is -4.33. The van der Waals surface area contributed by atoms with Gasteiger partial charge in [-0.25, -0.2) is 0 Å². The van der Waals surface area contributed by atoms with E-state index >= 15 is 0 Å². The molecular weight excluding hydrogens is 315 g/mol. The number of alkyl halides is 3. The Hall–Kier alpha value is -2.58. The molecular formula is C14H14F3N3O3. The first kappa shape index (κ1) is 16.8. The molecule has 1 N–H and O–H groups in total. The lowest BCUT2D eigenvalue weighted by Crippen LogP contribution is -2.29. The summed E-state index contributed by atoms with van der Waals surface area (Å²) in [5.74, 6) is -0.366. The molecule has 23 heavy (non-hydrogen) atoms. The Balaban J connectivity index is 2.12. The van der Waals surface area contributed by atoms with Crippen molar-refractivity contribution < 1.29 is 27.2 Å². The summed E-state index contributed by atoms with van der Waals surface area (Å²) < 4.78 is 45.3. The van der Waals surface area contributed by atoms with E-state index < -0.39 is 24.1 Å². The highest BCUT2D eigenvalue weighted by atomic mass is 19.4. The van der Waals surface area contributed by atoms with Gasteiger partial charge in [0.15, 0.2) is 5.82 Å². The van der Waals surface area contributed by atoms with Crippen LogP contribution in [-0.2, 0) is 0 Å². The number of carbonyl (C=O) groups excluding carboxylic acids is 1. The molecule has 6 nitrogen and oxygen atoms in total. The lowest BCUT2D eigenvalue weighted by molar-refractivity contribution is -0.274. The average Bonchev–Trinajstić information content (AvgIpc) is 2.89. The Morgan fingerprint density at radius 1 is 1.43 bits per heavy atom. The predicted molar refractivity (Wildman–Crippen MR) is 72.7 cm³/mol. The van der Waals surface area contributed by atoms with Crippen molar-refractivity contribution in [1.29, 1.82) is 0 Å². The SMILES string of the molecule is CCC(NC(=O)c1cccc(OC(F)(F)F)c1)c1noc(C)n1. The number of halogens is 3. The number of ether oxygens (including phenoxy) is 1. The second-order valence-electron chi connectivity index (χ2n) is 4.68. The van der Waals surface area contributed by atoms with Gasteiger partial charge in [-0.1, -0.05) is 18.1 Å². The highest BCUT2D eigenvalue weighted by molar-refractivity contribution is 5.94. The molecule has 0 saturated heterocycles. The van der Waals surface area contributed by atoms with Crippen molar-refractivity contribution in [3.8, 4) is 5.75 Å². The molecule has 0 spiro atoms. The van der Waals surface area contributed by atoms with E-state index in [0.29, 0.717) is 18.1 Å². The number of aromatic nitrogens is 2. The van der Waals surface area contributed by atoms with Gasteiger partial charge in [0.2, 0.25) is 5.89 Å². The third kappa shape index (κ3) is 4.70. The molecule has 0 radical (unpaired) electrons. The minimum Gasteiger partial charge on any atom is -0.406 e. The molecule has 1 amide bonds. The second-order valence-corrected chi connectivity index (χ2v) is 4.68. The quantitative estimate of drug-likeness (QED) is 0.912. The van der Waals surface area contributed by atoms with Crippen LogP contribution in [0, 0.1) is 6.92 Å². The Labute approximate surface area is 129 Å². The average molecular weight is 329 g/mol. The number of rotatable bonds is 5. The highest BCUT2D eigenvalue weighted by Crippen LogP contribution is 2.23. The zero-order valence-electron chi connectivity index (χ0n) is 12.3. The maximum Gasteiger partial charge on any atom is 0.573 e. The van der Waals surface area contributed by atoms with Crippen molar-refractivity contribution in [2.45, 2.75) is 32.7 Å². The molecule has 124 valence electrons. The minimum absolute atomic E-state index is 0.0328. The lowest BCUT2D eigenvalue weighted by atomic mass is 10.1. The van der Waals surface area contributed by atoms with Crippen molar-refractivity contribution in [3.05, 3.63) is 41.5 Å². The molecule has 9 heteroatoms. The molecule has 1 atom stereocenters. The molecule has 0 fully saturated rings. The third-order valence-corrected chi connectivity index (χ3v) is 2.90. The fourth-order valence-electron chi connectivity index (χ4n) is 1.88. The molecule has 1 unspecified atom stereocenters. The number of carbonyl (C=O) groups is 1. The van der Waals surface area contributed by atoms with E-state index in [1.165, 1.54) is 12.1 Å². The number of hydrogen-bond donors (Lipinski definition) is 1. The Morgan fingerprint density at radius 3 is 2.74 bits per heavy atom. The Morgan fingerprint density at radius 2 is 2.17 bits per heavy atom. The van der Waals surface area contributed by atoms with Crippen LogP contribution in [0.1, 0.15) is 41.5 Å². The number of amides is 1. The number of hydrogen-bond acceptors (Lipinski definition) is 5. The molecule has 1 aromatic carbocycles. The Kier molecular flexibility index (Phi) is 4.87. The van der Waals surface area contributed by atoms with Crippen LogP contribution in [0.2, 0.25) is 0 Å². The lowest BCUT2D eigenvalue weighted by Gasteiger charge is -2.14. The van der Waals surface area contributed by atoms with Gasteiger partial charge < -0.3 is 14.6 Å². The standard InChI is InChI=1S/C14H14F3N3O3/c1-3-11(12-18-8(2)23-20-12)19-13(21)9-5-4-6-10(7-9)22-14(15,16)17/h4-7,11H,3H2,1-2H3,(H,19,21). The van der Waals surface area contributed by atoms with E-state index in [4.69, 9.17) is 4.52 Å². The summed E-state index contributed by atoms with van der Waals surface area (Å²) >= 11 is 0. The van der Waals surface area contributed by atoms with Crippen molar-refractivity contribution in [1.82, 2.24) is 15.5 Å². The minimum atomic E-state index is -4.82. The van der Waals surface area contributed by atoms with Crippen molar-refractivity contribution in [3.63, 3.8) is 0 Å². The molecule has 0 bridgehead atoms. The van der Waals surface area contributed by atoms with Crippen LogP contribution in [0.3, 0.4) is 0 Å². The van der Waals surface area contributed by atoms with Crippen LogP contribution in [0.4, 0.5) is 13.2 Å². The first-order valence-electron chi connectivity index (χ1n) is 6.75. The summed E-state index contributed by atoms with van der Waals surface area (Å²) in [6.45, 7) is 3.42. The maximum atomic E-state index is 12.2. The molecule has 2 aromatic rings. The van der Waals surface area contributed by atoms with Gasteiger partial charge in [-0.15, -0.1) is 13.2 Å². The number of nitrogens with zero attached hydrogens (tertiary/aromatic N) is 2. The van der Waals surface area contributed by atoms with E-state index in [-0.39, 0.29) is 5.56 Å². The molecule has 0 saturated carbocycles. The second kappa shape index (κ2) is 6.67. The number of nitrogens with one attached hydrogen (secondary N) is 1. The van der Waals surface area contributed by atoms with Crippen LogP contribution in [0.25, 0.3) is 0 Å². The van der Waals surface area contributed by atoms with Gasteiger partial charge in [0.25, 0.3) is 5.91 Å².